The Morgan fingerprint density at radius 3 is 2.78 bits per heavy atom. The molecule has 52 valence electrons. The lowest BCUT2D eigenvalue weighted by atomic mass is 10.1. The Morgan fingerprint density at radius 1 is 1.89 bits per heavy atom. The van der Waals surface area contributed by atoms with Crippen molar-refractivity contribution in [3.8, 4) is 0 Å². The predicted molar refractivity (Wildman–Crippen MR) is 34.4 cm³/mol. The van der Waals surface area contributed by atoms with Crippen LogP contribution in [0.5, 0.6) is 0 Å². The Bertz CT molecular complexity index is 124. The molecule has 0 radical (unpaired) electrons. The van der Waals surface area contributed by atoms with Crippen LogP contribution in [-0.2, 0) is 9.53 Å². The van der Waals surface area contributed by atoms with Crippen LogP contribution in [-0.4, -0.2) is 18.0 Å². The Balaban J connectivity index is 2.44. The molecule has 3 heteroatoms. The van der Waals surface area contributed by atoms with Crippen LogP contribution in [0.1, 0.15) is 13.3 Å². The number of esters is 1. The summed E-state index contributed by atoms with van der Waals surface area (Å²) in [5.74, 6) is 0.366. The van der Waals surface area contributed by atoms with Gasteiger partial charge in [0, 0.05) is 0 Å². The van der Waals surface area contributed by atoms with E-state index in [-0.39, 0.29) is 18.0 Å². The molecule has 0 aliphatic carbocycles. The molecule has 0 amide bonds. The zero-order chi connectivity index (χ0) is 6.85. The molecule has 2 unspecified atom stereocenters. The fourth-order valence-corrected chi connectivity index (χ4v) is 1.10. The van der Waals surface area contributed by atoms with Gasteiger partial charge in [-0.3, -0.25) is 4.79 Å². The van der Waals surface area contributed by atoms with Crippen molar-refractivity contribution in [3.63, 3.8) is 0 Å². The van der Waals surface area contributed by atoms with Gasteiger partial charge in [-0.15, -0.1) is 11.6 Å². The molecule has 1 heterocycles. The van der Waals surface area contributed by atoms with E-state index in [0.29, 0.717) is 5.88 Å². The molecule has 1 aliphatic heterocycles. The average Bonchev–Trinajstić information content (AvgIpc) is 2.13. The standard InChI is InChI=1S/C6H9ClO2/c1-4-2-5(3-7)9-6(4)8/h4-5H,2-3H2,1H3. The van der Waals surface area contributed by atoms with Crippen LogP contribution in [0, 0.1) is 5.92 Å². The quantitative estimate of drug-likeness (QED) is 0.412. The van der Waals surface area contributed by atoms with Crippen molar-refractivity contribution in [2.75, 3.05) is 5.88 Å². The largest absolute Gasteiger partial charge is 0.461 e. The van der Waals surface area contributed by atoms with Crippen molar-refractivity contribution < 1.29 is 9.53 Å². The molecule has 2 atom stereocenters. The Hall–Kier alpha value is -0.240. The minimum Gasteiger partial charge on any atom is -0.461 e. The van der Waals surface area contributed by atoms with E-state index in [1.807, 2.05) is 6.92 Å². The van der Waals surface area contributed by atoms with E-state index < -0.39 is 0 Å². The molecular formula is C6H9ClO2. The van der Waals surface area contributed by atoms with E-state index in [9.17, 15) is 4.79 Å². The van der Waals surface area contributed by atoms with Crippen molar-refractivity contribution >= 4 is 17.6 Å². The van der Waals surface area contributed by atoms with Crippen molar-refractivity contribution in [3.05, 3.63) is 0 Å². The highest BCUT2D eigenvalue weighted by molar-refractivity contribution is 6.18. The Labute approximate surface area is 59.1 Å². The molecule has 0 aromatic heterocycles. The molecule has 1 saturated heterocycles. The number of halogens is 1. The first-order chi connectivity index (χ1) is 4.24. The van der Waals surface area contributed by atoms with Crippen LogP contribution in [0.3, 0.4) is 0 Å². The molecular weight excluding hydrogens is 140 g/mol. The number of carbonyl (C=O) groups is 1. The number of hydrogen-bond donors (Lipinski definition) is 0. The summed E-state index contributed by atoms with van der Waals surface area (Å²) >= 11 is 5.46. The highest BCUT2D eigenvalue weighted by Gasteiger charge is 2.29. The molecule has 2 nitrogen and oxygen atoms in total. The third kappa shape index (κ3) is 1.36. The second-order valence-electron chi connectivity index (χ2n) is 2.35. The third-order valence-electron chi connectivity index (χ3n) is 1.47. The summed E-state index contributed by atoms with van der Waals surface area (Å²) in [6.07, 6.45) is 0.747. The van der Waals surface area contributed by atoms with Gasteiger partial charge in [0.1, 0.15) is 6.10 Å². The summed E-state index contributed by atoms with van der Waals surface area (Å²) in [5, 5.41) is 0. The minimum absolute atomic E-state index is 0.0332. The maximum atomic E-state index is 10.7. The van der Waals surface area contributed by atoms with Gasteiger partial charge in [0.15, 0.2) is 0 Å². The molecule has 0 N–H and O–H groups in total. The van der Waals surface area contributed by atoms with E-state index in [4.69, 9.17) is 16.3 Å². The molecule has 9 heavy (non-hydrogen) atoms. The molecule has 0 saturated carbocycles. The summed E-state index contributed by atoms with van der Waals surface area (Å²) in [7, 11) is 0. The van der Waals surface area contributed by atoms with Crippen molar-refractivity contribution in [2.24, 2.45) is 5.92 Å². The van der Waals surface area contributed by atoms with Crippen LogP contribution in [0.15, 0.2) is 0 Å². The molecule has 1 fully saturated rings. The van der Waals surface area contributed by atoms with Crippen LogP contribution in [0.4, 0.5) is 0 Å². The highest BCUT2D eigenvalue weighted by atomic mass is 35.5. The number of ether oxygens (including phenoxy) is 1. The predicted octanol–water partition coefficient (Wildman–Crippen LogP) is 1.18. The minimum atomic E-state index is -0.111. The smallest absolute Gasteiger partial charge is 0.309 e. The van der Waals surface area contributed by atoms with E-state index in [1.54, 1.807) is 0 Å². The molecule has 0 bridgehead atoms. The normalized spacial score (nSPS) is 34.7. The summed E-state index contributed by atoms with van der Waals surface area (Å²) in [4.78, 5) is 10.7. The van der Waals surface area contributed by atoms with Gasteiger partial charge < -0.3 is 4.74 Å². The maximum absolute atomic E-state index is 10.7. The van der Waals surface area contributed by atoms with E-state index >= 15 is 0 Å². The fraction of sp³-hybridized carbons (Fsp3) is 0.833. The first-order valence-corrected chi connectivity index (χ1v) is 3.54. The van der Waals surface area contributed by atoms with Gasteiger partial charge in [-0.2, -0.15) is 0 Å². The van der Waals surface area contributed by atoms with E-state index in [2.05, 4.69) is 0 Å². The first-order valence-electron chi connectivity index (χ1n) is 3.00. The molecule has 0 aromatic rings. The van der Waals surface area contributed by atoms with Crippen LogP contribution in [0.2, 0.25) is 0 Å². The number of carbonyl (C=O) groups excluding carboxylic acids is 1. The topological polar surface area (TPSA) is 26.3 Å². The van der Waals surface area contributed by atoms with Gasteiger partial charge in [-0.05, 0) is 6.42 Å². The highest BCUT2D eigenvalue weighted by Crippen LogP contribution is 2.20. The zero-order valence-corrected chi connectivity index (χ0v) is 6.02. The first kappa shape index (κ1) is 6.87. The summed E-state index contributed by atoms with van der Waals surface area (Å²) < 4.78 is 4.85. The summed E-state index contributed by atoms with van der Waals surface area (Å²) in [5.41, 5.74) is 0. The van der Waals surface area contributed by atoms with Gasteiger partial charge >= 0.3 is 5.97 Å². The van der Waals surface area contributed by atoms with Crippen molar-refractivity contribution in [1.29, 1.82) is 0 Å². The van der Waals surface area contributed by atoms with E-state index in [1.165, 1.54) is 0 Å². The van der Waals surface area contributed by atoms with Crippen molar-refractivity contribution in [2.45, 2.75) is 19.4 Å². The molecule has 1 aliphatic rings. The third-order valence-corrected chi connectivity index (χ3v) is 1.82. The van der Waals surface area contributed by atoms with Gasteiger partial charge in [0.05, 0.1) is 11.8 Å². The lowest BCUT2D eigenvalue weighted by Crippen LogP contribution is -2.07. The second kappa shape index (κ2) is 2.56. The summed E-state index contributed by atoms with van der Waals surface area (Å²) in [6, 6.07) is 0. The van der Waals surface area contributed by atoms with Gasteiger partial charge in [-0.25, -0.2) is 0 Å². The summed E-state index contributed by atoms with van der Waals surface area (Å²) in [6.45, 7) is 1.86. The SMILES string of the molecule is CC1CC(CCl)OC1=O. The lowest BCUT2D eigenvalue weighted by molar-refractivity contribution is -0.143. The Morgan fingerprint density at radius 2 is 2.56 bits per heavy atom. The number of rotatable bonds is 1. The second-order valence-corrected chi connectivity index (χ2v) is 2.66. The maximum Gasteiger partial charge on any atom is 0.309 e. The van der Waals surface area contributed by atoms with Crippen LogP contribution < -0.4 is 0 Å². The number of cyclic esters (lactones) is 1. The molecule has 0 aromatic carbocycles. The number of hydrogen-bond acceptors (Lipinski definition) is 2. The fourth-order valence-electron chi connectivity index (χ4n) is 0.914. The lowest BCUT2D eigenvalue weighted by Gasteiger charge is -2.00. The van der Waals surface area contributed by atoms with Gasteiger partial charge in [0.2, 0.25) is 0 Å². The van der Waals surface area contributed by atoms with E-state index in [0.717, 1.165) is 6.42 Å². The molecule has 1 rings (SSSR count). The number of alkyl halides is 1. The van der Waals surface area contributed by atoms with Gasteiger partial charge in [-0.1, -0.05) is 6.92 Å². The Kier molecular flexibility index (Phi) is 1.96. The van der Waals surface area contributed by atoms with Crippen LogP contribution in [0.25, 0.3) is 0 Å². The van der Waals surface area contributed by atoms with Crippen molar-refractivity contribution in [1.82, 2.24) is 0 Å². The average molecular weight is 149 g/mol. The van der Waals surface area contributed by atoms with Crippen LogP contribution >= 0.6 is 11.6 Å². The van der Waals surface area contributed by atoms with Gasteiger partial charge in [0.25, 0.3) is 0 Å². The molecule has 0 spiro atoms. The zero-order valence-electron chi connectivity index (χ0n) is 5.26. The monoisotopic (exact) mass is 148 g/mol.